The summed E-state index contributed by atoms with van der Waals surface area (Å²) in [5.74, 6) is 2.38. The summed E-state index contributed by atoms with van der Waals surface area (Å²) in [4.78, 5) is 8.56. The van der Waals surface area contributed by atoms with E-state index in [-0.39, 0.29) is 24.4 Å². The zero-order chi connectivity index (χ0) is 30.4. The SMILES string of the molecule is CC[C@H]1CCC[C@@H]([C@@H](C[C@H](O)CCc2ccc(O)c(OCC[C@H](Cc3ccc[n-]3)c3ccnc(N)c3)c2)OCCO)CC1. The molecule has 1 aromatic carbocycles. The number of anilines is 1. The summed E-state index contributed by atoms with van der Waals surface area (Å²) in [6, 6.07) is 13.2. The van der Waals surface area contributed by atoms with Crippen molar-refractivity contribution in [3.8, 4) is 11.5 Å². The molecule has 5 atom stereocenters. The van der Waals surface area contributed by atoms with E-state index in [1.807, 2.05) is 36.4 Å². The molecule has 0 unspecified atom stereocenters. The summed E-state index contributed by atoms with van der Waals surface area (Å²) >= 11 is 0. The van der Waals surface area contributed by atoms with Crippen LogP contribution in [0.4, 0.5) is 5.82 Å². The number of nitrogens with zero attached hydrogens (tertiary/aromatic N) is 2. The van der Waals surface area contributed by atoms with Gasteiger partial charge < -0.3 is 35.5 Å². The molecular formula is C35H50N3O5-. The molecule has 3 aromatic rings. The third-order valence-electron chi connectivity index (χ3n) is 9.03. The fraction of sp³-hybridized carbons (Fsp3) is 0.571. The number of ether oxygens (including phenoxy) is 2. The maximum atomic E-state index is 11.0. The molecule has 0 bridgehead atoms. The number of aliphatic hydroxyl groups excluding tert-OH is 2. The molecule has 0 aliphatic heterocycles. The normalized spacial score (nSPS) is 19.4. The van der Waals surface area contributed by atoms with E-state index in [1.165, 1.54) is 25.7 Å². The van der Waals surface area contributed by atoms with Crippen LogP contribution in [-0.4, -0.2) is 52.3 Å². The van der Waals surface area contributed by atoms with Crippen LogP contribution in [0.15, 0.2) is 54.9 Å². The third kappa shape index (κ3) is 10.6. The maximum absolute atomic E-state index is 11.0. The molecule has 2 aromatic heterocycles. The van der Waals surface area contributed by atoms with Gasteiger partial charge in [-0.1, -0.05) is 50.8 Å². The molecule has 8 nitrogen and oxygen atoms in total. The Morgan fingerprint density at radius 3 is 2.72 bits per heavy atom. The number of benzene rings is 1. The molecule has 1 fully saturated rings. The number of aromatic nitrogens is 2. The molecule has 2 heterocycles. The lowest BCUT2D eigenvalue weighted by molar-refractivity contribution is -0.0372. The van der Waals surface area contributed by atoms with E-state index in [1.54, 1.807) is 18.5 Å². The quantitative estimate of drug-likeness (QED) is 0.145. The van der Waals surface area contributed by atoms with Gasteiger partial charge in [0.05, 0.1) is 32.0 Å². The van der Waals surface area contributed by atoms with E-state index in [9.17, 15) is 15.3 Å². The summed E-state index contributed by atoms with van der Waals surface area (Å²) < 4.78 is 12.2. The highest BCUT2D eigenvalue weighted by molar-refractivity contribution is 5.42. The Kier molecular flexibility index (Phi) is 13.2. The van der Waals surface area contributed by atoms with E-state index >= 15 is 0 Å². The van der Waals surface area contributed by atoms with Gasteiger partial charge in [0.2, 0.25) is 0 Å². The van der Waals surface area contributed by atoms with Crippen molar-refractivity contribution in [1.82, 2.24) is 9.97 Å². The second kappa shape index (κ2) is 17.3. The highest BCUT2D eigenvalue weighted by Crippen LogP contribution is 2.34. The van der Waals surface area contributed by atoms with Crippen molar-refractivity contribution in [2.24, 2.45) is 11.8 Å². The van der Waals surface area contributed by atoms with E-state index in [4.69, 9.17) is 15.2 Å². The topological polar surface area (TPSA) is 132 Å². The molecule has 4 rings (SSSR count). The third-order valence-corrected chi connectivity index (χ3v) is 9.03. The first-order chi connectivity index (χ1) is 20.9. The largest absolute Gasteiger partial charge is 0.668 e. The first kappa shape index (κ1) is 32.8. The van der Waals surface area contributed by atoms with Crippen molar-refractivity contribution < 1.29 is 24.8 Å². The molecule has 1 aliphatic rings. The van der Waals surface area contributed by atoms with Crippen LogP contribution >= 0.6 is 0 Å². The first-order valence-corrected chi connectivity index (χ1v) is 16.1. The standard InChI is InChI=1S/C35H50N3O5/c1-2-25-5-3-6-27(11-8-25)33(43-20-18-39)24-31(40)12-9-26-10-13-32(41)34(21-26)42-19-15-29(22-30-7-4-16-37-30)28-14-17-38-35(36)23-28/h4,7,10,13-14,16-17,21,23,25,27,29,31,33,39-41H,2-3,5-6,8-9,11-12,15,18-20,22,24H2,1H3,(H2,36,38)/q-1/t25-,27+,29+,31+,33+/m0/s1. The highest BCUT2D eigenvalue weighted by atomic mass is 16.5. The molecule has 0 amide bonds. The van der Waals surface area contributed by atoms with Crippen LogP contribution in [0.25, 0.3) is 0 Å². The Hall–Kier alpha value is -3.07. The van der Waals surface area contributed by atoms with E-state index in [0.717, 1.165) is 42.0 Å². The highest BCUT2D eigenvalue weighted by Gasteiger charge is 2.28. The molecule has 1 aliphatic carbocycles. The fourth-order valence-corrected chi connectivity index (χ4v) is 6.46. The lowest BCUT2D eigenvalue weighted by Gasteiger charge is -2.28. The van der Waals surface area contributed by atoms with Gasteiger partial charge in [-0.15, -0.1) is 0 Å². The summed E-state index contributed by atoms with van der Waals surface area (Å²) in [6.07, 6.45) is 13.4. The molecule has 8 heteroatoms. The summed E-state index contributed by atoms with van der Waals surface area (Å²) in [6.45, 7) is 2.99. The van der Waals surface area contributed by atoms with Crippen molar-refractivity contribution in [2.75, 3.05) is 25.6 Å². The summed E-state index contributed by atoms with van der Waals surface area (Å²) in [7, 11) is 0. The number of hydrogen-bond acceptors (Lipinski definition) is 7. The minimum Gasteiger partial charge on any atom is -0.668 e. The van der Waals surface area contributed by atoms with Crippen molar-refractivity contribution in [1.29, 1.82) is 0 Å². The number of nitrogens with two attached hydrogens (primary N) is 1. The molecule has 5 N–H and O–H groups in total. The van der Waals surface area contributed by atoms with Crippen LogP contribution in [0.2, 0.25) is 0 Å². The van der Waals surface area contributed by atoms with Crippen molar-refractivity contribution >= 4 is 5.82 Å². The van der Waals surface area contributed by atoms with E-state index in [0.29, 0.717) is 56.4 Å². The number of nitrogen functional groups attached to an aromatic ring is 1. The molecule has 1 saturated carbocycles. The van der Waals surface area contributed by atoms with E-state index in [2.05, 4.69) is 16.9 Å². The van der Waals surface area contributed by atoms with Crippen LogP contribution in [-0.2, 0) is 17.6 Å². The van der Waals surface area contributed by atoms with Gasteiger partial charge in [-0.25, -0.2) is 4.98 Å². The minimum absolute atomic E-state index is 0.00501. The number of phenols is 1. The second-order valence-electron chi connectivity index (χ2n) is 12.1. The smallest absolute Gasteiger partial charge is 0.161 e. The van der Waals surface area contributed by atoms with Gasteiger partial charge in [0.1, 0.15) is 5.82 Å². The van der Waals surface area contributed by atoms with Gasteiger partial charge >= 0.3 is 0 Å². The average Bonchev–Trinajstić information content (AvgIpc) is 3.41. The Labute approximate surface area is 256 Å². The van der Waals surface area contributed by atoms with Crippen molar-refractivity contribution in [2.45, 2.75) is 95.7 Å². The number of rotatable bonds is 17. The number of hydrogen-bond donors (Lipinski definition) is 4. The Bertz CT molecular complexity index is 1200. The predicted molar refractivity (Wildman–Crippen MR) is 169 cm³/mol. The number of aromatic hydroxyl groups is 1. The summed E-state index contributed by atoms with van der Waals surface area (Å²) in [5, 5.41) is 30.9. The van der Waals surface area contributed by atoms with Crippen LogP contribution in [0.5, 0.6) is 11.5 Å². The molecular weight excluding hydrogens is 542 g/mol. The average molecular weight is 593 g/mol. The molecule has 0 saturated heterocycles. The van der Waals surface area contributed by atoms with Gasteiger partial charge in [0.15, 0.2) is 11.5 Å². The lowest BCUT2D eigenvalue weighted by atomic mass is 9.88. The van der Waals surface area contributed by atoms with Gasteiger partial charge in [-0.05, 0) is 98.1 Å². The number of aryl methyl sites for hydroxylation is 1. The number of aliphatic hydroxyl groups is 2. The van der Waals surface area contributed by atoms with Gasteiger partial charge in [0, 0.05) is 6.20 Å². The van der Waals surface area contributed by atoms with Gasteiger partial charge in [0.25, 0.3) is 0 Å². The maximum Gasteiger partial charge on any atom is 0.161 e. The molecule has 0 spiro atoms. The molecule has 236 valence electrons. The number of phenolic OH excluding ortho intramolecular Hbond substituents is 1. The first-order valence-electron chi connectivity index (χ1n) is 16.1. The molecule has 43 heavy (non-hydrogen) atoms. The van der Waals surface area contributed by atoms with Gasteiger partial charge in [-0.3, -0.25) is 0 Å². The van der Waals surface area contributed by atoms with E-state index < -0.39 is 6.10 Å². The summed E-state index contributed by atoms with van der Waals surface area (Å²) in [5.41, 5.74) is 9.05. The van der Waals surface area contributed by atoms with Crippen LogP contribution < -0.4 is 15.5 Å². The van der Waals surface area contributed by atoms with Gasteiger partial charge in [-0.2, -0.15) is 11.9 Å². The van der Waals surface area contributed by atoms with Crippen LogP contribution in [0.3, 0.4) is 0 Å². The Morgan fingerprint density at radius 1 is 1.07 bits per heavy atom. The number of pyridine rings is 1. The van der Waals surface area contributed by atoms with Crippen molar-refractivity contribution in [3.63, 3.8) is 0 Å². The Balaban J connectivity index is 1.31. The second-order valence-corrected chi connectivity index (χ2v) is 12.1. The van der Waals surface area contributed by atoms with Crippen LogP contribution in [0, 0.1) is 11.8 Å². The van der Waals surface area contributed by atoms with Crippen molar-refractivity contribution in [3.05, 3.63) is 71.7 Å². The Morgan fingerprint density at radius 2 is 1.95 bits per heavy atom. The zero-order valence-corrected chi connectivity index (χ0v) is 25.6. The lowest BCUT2D eigenvalue weighted by Crippen LogP contribution is -2.30. The molecule has 0 radical (unpaired) electrons. The zero-order valence-electron chi connectivity index (χ0n) is 25.6. The monoisotopic (exact) mass is 592 g/mol. The fourth-order valence-electron chi connectivity index (χ4n) is 6.46. The van der Waals surface area contributed by atoms with Crippen LogP contribution in [0.1, 0.15) is 87.4 Å². The minimum atomic E-state index is -0.509. The predicted octanol–water partition coefficient (Wildman–Crippen LogP) is 5.79.